The van der Waals surface area contributed by atoms with E-state index in [4.69, 9.17) is 5.11 Å². The largest absolute Gasteiger partial charge is 0.415 e. The quantitative estimate of drug-likeness (QED) is 0.715. The Morgan fingerprint density at radius 1 is 1.36 bits per heavy atom. The summed E-state index contributed by atoms with van der Waals surface area (Å²) in [5.74, 6) is -0.998. The van der Waals surface area contributed by atoms with Crippen molar-refractivity contribution in [2.45, 2.75) is 13.8 Å². The first-order chi connectivity index (χ1) is 6.56. The second-order valence-corrected chi connectivity index (χ2v) is 2.38. The van der Waals surface area contributed by atoms with Gasteiger partial charge in [0.15, 0.2) is 5.76 Å². The summed E-state index contributed by atoms with van der Waals surface area (Å²) in [7, 11) is 0. The molecule has 4 nitrogen and oxygen atoms in total. The predicted octanol–water partition coefficient (Wildman–Crippen LogP) is 1.57. The highest BCUT2D eigenvalue weighted by Gasteiger charge is 2.16. The maximum Gasteiger partial charge on any atom is 0.415 e. The second kappa shape index (κ2) is 6.31. The van der Waals surface area contributed by atoms with E-state index in [1.807, 2.05) is 0 Å². The number of amides is 1. The molecule has 0 aromatic carbocycles. The van der Waals surface area contributed by atoms with E-state index in [1.165, 1.54) is 4.90 Å². The van der Waals surface area contributed by atoms with E-state index in [-0.39, 0.29) is 0 Å². The Bertz CT molecular complexity index is 223. The van der Waals surface area contributed by atoms with Crippen molar-refractivity contribution in [1.82, 2.24) is 4.90 Å². The Kier molecular flexibility index (Phi) is 5.78. The summed E-state index contributed by atoms with van der Waals surface area (Å²) < 4.78 is 28.2. The molecule has 0 aliphatic rings. The lowest BCUT2D eigenvalue weighted by Crippen LogP contribution is -2.31. The lowest BCUT2D eigenvalue weighted by atomic mass is 10.5. The molecule has 0 atom stereocenters. The fraction of sp³-hybridized carbons (Fsp3) is 0.625. The van der Waals surface area contributed by atoms with Gasteiger partial charge in [-0.3, -0.25) is 0 Å². The molecule has 0 aliphatic carbocycles. The SMILES string of the molecule is CCN(CC)C(=O)OC(CO)=C(F)F. The average molecular weight is 209 g/mol. The maximum atomic E-state index is 12.0. The number of carbonyl (C=O) groups is 1. The van der Waals surface area contributed by atoms with Crippen molar-refractivity contribution in [2.75, 3.05) is 19.7 Å². The molecule has 0 saturated heterocycles. The summed E-state index contributed by atoms with van der Waals surface area (Å²) in [6.07, 6.45) is -3.07. The molecule has 1 N–H and O–H groups in total. The molecule has 0 fully saturated rings. The lowest BCUT2D eigenvalue weighted by molar-refractivity contribution is 0.111. The highest BCUT2D eigenvalue weighted by Crippen LogP contribution is 2.10. The molecule has 14 heavy (non-hydrogen) atoms. The Morgan fingerprint density at radius 2 is 1.86 bits per heavy atom. The summed E-state index contributed by atoms with van der Waals surface area (Å²) in [5, 5.41) is 8.44. The second-order valence-electron chi connectivity index (χ2n) is 2.38. The predicted molar refractivity (Wildman–Crippen MR) is 45.7 cm³/mol. The molecule has 0 saturated carbocycles. The van der Waals surface area contributed by atoms with Crippen LogP contribution in [0.5, 0.6) is 0 Å². The van der Waals surface area contributed by atoms with Crippen molar-refractivity contribution < 1.29 is 23.4 Å². The fourth-order valence-corrected chi connectivity index (χ4v) is 0.782. The zero-order chi connectivity index (χ0) is 11.1. The van der Waals surface area contributed by atoms with Crippen LogP contribution in [0.4, 0.5) is 13.6 Å². The van der Waals surface area contributed by atoms with Crippen LogP contribution in [-0.2, 0) is 4.74 Å². The number of aliphatic hydroxyl groups excluding tert-OH is 1. The number of nitrogens with zero attached hydrogens (tertiary/aromatic N) is 1. The third-order valence-corrected chi connectivity index (χ3v) is 1.59. The van der Waals surface area contributed by atoms with Gasteiger partial charge in [-0.2, -0.15) is 8.78 Å². The van der Waals surface area contributed by atoms with Gasteiger partial charge in [-0.1, -0.05) is 0 Å². The molecule has 0 unspecified atom stereocenters. The molecule has 0 radical (unpaired) electrons. The third-order valence-electron chi connectivity index (χ3n) is 1.59. The van der Waals surface area contributed by atoms with E-state index in [1.54, 1.807) is 13.8 Å². The molecule has 0 aromatic rings. The van der Waals surface area contributed by atoms with Crippen LogP contribution in [-0.4, -0.2) is 35.8 Å². The standard InChI is InChI=1S/C8H13F2NO3/c1-3-11(4-2)8(13)14-6(5-12)7(9)10/h12H,3-5H2,1-2H3. The summed E-state index contributed by atoms with van der Waals surface area (Å²) >= 11 is 0. The number of halogens is 2. The van der Waals surface area contributed by atoms with Crippen molar-refractivity contribution in [3.8, 4) is 0 Å². The third kappa shape index (κ3) is 3.69. The Balaban J connectivity index is 4.37. The van der Waals surface area contributed by atoms with Gasteiger partial charge < -0.3 is 14.7 Å². The van der Waals surface area contributed by atoms with E-state index in [2.05, 4.69) is 4.74 Å². The molecule has 0 aromatic heterocycles. The van der Waals surface area contributed by atoms with Gasteiger partial charge in [0.05, 0.1) is 0 Å². The normalized spacial score (nSPS) is 9.50. The van der Waals surface area contributed by atoms with E-state index < -0.39 is 24.5 Å². The lowest BCUT2D eigenvalue weighted by Gasteiger charge is -2.17. The first kappa shape index (κ1) is 12.8. The molecule has 0 rings (SSSR count). The topological polar surface area (TPSA) is 49.8 Å². The van der Waals surface area contributed by atoms with E-state index in [9.17, 15) is 13.6 Å². The van der Waals surface area contributed by atoms with E-state index >= 15 is 0 Å². The molecule has 0 heterocycles. The maximum absolute atomic E-state index is 12.0. The van der Waals surface area contributed by atoms with Crippen molar-refractivity contribution in [3.05, 3.63) is 11.8 Å². The Labute approximate surface area is 80.8 Å². The zero-order valence-corrected chi connectivity index (χ0v) is 8.09. The van der Waals surface area contributed by atoms with E-state index in [0.29, 0.717) is 13.1 Å². The van der Waals surface area contributed by atoms with Crippen molar-refractivity contribution in [1.29, 1.82) is 0 Å². The number of aliphatic hydroxyl groups is 1. The summed E-state index contributed by atoms with van der Waals surface area (Å²) in [6.45, 7) is 3.12. The molecular weight excluding hydrogens is 196 g/mol. The van der Waals surface area contributed by atoms with Gasteiger partial charge in [0, 0.05) is 13.1 Å². The minimum Gasteiger partial charge on any atom is -0.406 e. The van der Waals surface area contributed by atoms with Gasteiger partial charge in [0.1, 0.15) is 6.61 Å². The minimum atomic E-state index is -2.19. The number of hydrogen-bond acceptors (Lipinski definition) is 3. The smallest absolute Gasteiger partial charge is 0.406 e. The Morgan fingerprint density at radius 3 is 2.14 bits per heavy atom. The molecule has 82 valence electrons. The monoisotopic (exact) mass is 209 g/mol. The van der Waals surface area contributed by atoms with Gasteiger partial charge in [-0.05, 0) is 13.8 Å². The van der Waals surface area contributed by atoms with Crippen molar-refractivity contribution in [2.24, 2.45) is 0 Å². The van der Waals surface area contributed by atoms with Crippen LogP contribution in [0.2, 0.25) is 0 Å². The Hall–Kier alpha value is -1.17. The van der Waals surface area contributed by atoms with E-state index in [0.717, 1.165) is 0 Å². The number of rotatable bonds is 4. The molecule has 6 heteroatoms. The van der Waals surface area contributed by atoms with Crippen molar-refractivity contribution >= 4 is 6.09 Å². The van der Waals surface area contributed by atoms with Crippen LogP contribution < -0.4 is 0 Å². The highest BCUT2D eigenvalue weighted by atomic mass is 19.3. The summed E-state index contributed by atoms with van der Waals surface area (Å²) in [6, 6.07) is 0. The van der Waals surface area contributed by atoms with Crippen LogP contribution in [0.15, 0.2) is 11.8 Å². The number of ether oxygens (including phenoxy) is 1. The van der Waals surface area contributed by atoms with Gasteiger partial charge in [0.2, 0.25) is 0 Å². The highest BCUT2D eigenvalue weighted by molar-refractivity contribution is 5.68. The van der Waals surface area contributed by atoms with Crippen molar-refractivity contribution in [3.63, 3.8) is 0 Å². The van der Waals surface area contributed by atoms with Gasteiger partial charge in [-0.25, -0.2) is 4.79 Å². The zero-order valence-electron chi connectivity index (χ0n) is 8.09. The van der Waals surface area contributed by atoms with Crippen LogP contribution in [0.25, 0.3) is 0 Å². The molecule has 0 aliphatic heterocycles. The van der Waals surface area contributed by atoms with Gasteiger partial charge in [-0.15, -0.1) is 0 Å². The fourth-order valence-electron chi connectivity index (χ4n) is 0.782. The van der Waals surface area contributed by atoms with Gasteiger partial charge >= 0.3 is 12.2 Å². The summed E-state index contributed by atoms with van der Waals surface area (Å²) in [5.41, 5.74) is 0. The van der Waals surface area contributed by atoms with Crippen LogP contribution in [0.3, 0.4) is 0 Å². The average Bonchev–Trinajstić information content (AvgIpc) is 2.15. The molecular formula is C8H13F2NO3. The first-order valence-corrected chi connectivity index (χ1v) is 4.18. The molecule has 0 spiro atoms. The minimum absolute atomic E-state index is 0.363. The van der Waals surface area contributed by atoms with Crippen LogP contribution in [0.1, 0.15) is 13.8 Å². The first-order valence-electron chi connectivity index (χ1n) is 4.18. The summed E-state index contributed by atoms with van der Waals surface area (Å²) in [4.78, 5) is 12.3. The number of carbonyl (C=O) groups excluding carboxylic acids is 1. The molecule has 1 amide bonds. The van der Waals surface area contributed by atoms with Crippen LogP contribution >= 0.6 is 0 Å². The molecule has 0 bridgehead atoms. The van der Waals surface area contributed by atoms with Crippen LogP contribution in [0, 0.1) is 0 Å². The number of hydrogen-bond donors (Lipinski definition) is 1. The van der Waals surface area contributed by atoms with Gasteiger partial charge in [0.25, 0.3) is 0 Å².